The van der Waals surface area contributed by atoms with Gasteiger partial charge in [0.15, 0.2) is 0 Å². The average molecular weight is 278 g/mol. The number of piperidine rings is 1. The van der Waals surface area contributed by atoms with Gasteiger partial charge < -0.3 is 5.73 Å². The van der Waals surface area contributed by atoms with E-state index in [1.165, 1.54) is 31.7 Å². The van der Waals surface area contributed by atoms with E-state index in [-0.39, 0.29) is 11.9 Å². The van der Waals surface area contributed by atoms with Crippen LogP contribution in [-0.2, 0) is 0 Å². The summed E-state index contributed by atoms with van der Waals surface area (Å²) >= 11 is 0. The van der Waals surface area contributed by atoms with E-state index >= 15 is 0 Å². The van der Waals surface area contributed by atoms with Crippen molar-refractivity contribution in [3.8, 4) is 0 Å². The van der Waals surface area contributed by atoms with E-state index in [0.717, 1.165) is 18.7 Å². The minimum Gasteiger partial charge on any atom is -0.329 e. The first-order valence-electron chi connectivity index (χ1n) is 7.83. The summed E-state index contributed by atoms with van der Waals surface area (Å²) in [4.78, 5) is 2.43. The first-order chi connectivity index (χ1) is 9.64. The maximum atomic E-state index is 13.4. The van der Waals surface area contributed by atoms with Crippen LogP contribution in [0.1, 0.15) is 51.1 Å². The molecule has 0 saturated carbocycles. The second-order valence-corrected chi connectivity index (χ2v) is 6.05. The lowest BCUT2D eigenvalue weighted by atomic mass is 9.74. The van der Waals surface area contributed by atoms with Crippen molar-refractivity contribution in [1.82, 2.24) is 4.90 Å². The molecule has 1 fully saturated rings. The second kappa shape index (κ2) is 6.68. The van der Waals surface area contributed by atoms with E-state index in [1.807, 2.05) is 6.07 Å². The van der Waals surface area contributed by atoms with Gasteiger partial charge in [-0.25, -0.2) is 4.39 Å². The van der Waals surface area contributed by atoms with Crippen molar-refractivity contribution in [3.63, 3.8) is 0 Å². The molecular formula is C17H27FN2. The lowest BCUT2D eigenvalue weighted by Crippen LogP contribution is -2.43. The molecule has 1 unspecified atom stereocenters. The SMILES string of the molecule is CCC1(CC)CCN(C(CN)c2cccc(F)c2)CC1. The topological polar surface area (TPSA) is 29.3 Å². The van der Waals surface area contributed by atoms with E-state index in [2.05, 4.69) is 18.7 Å². The number of halogens is 1. The quantitative estimate of drug-likeness (QED) is 0.889. The molecule has 1 aromatic carbocycles. The van der Waals surface area contributed by atoms with Gasteiger partial charge in [0.1, 0.15) is 5.82 Å². The molecule has 1 saturated heterocycles. The summed E-state index contributed by atoms with van der Waals surface area (Å²) in [6, 6.07) is 7.03. The Labute approximate surface area is 122 Å². The van der Waals surface area contributed by atoms with E-state index in [9.17, 15) is 4.39 Å². The molecule has 2 nitrogen and oxygen atoms in total. The van der Waals surface area contributed by atoms with Crippen molar-refractivity contribution in [3.05, 3.63) is 35.6 Å². The Bertz CT molecular complexity index is 419. The minimum atomic E-state index is -0.172. The number of likely N-dealkylation sites (tertiary alicyclic amines) is 1. The second-order valence-electron chi connectivity index (χ2n) is 6.05. The van der Waals surface area contributed by atoms with Crippen molar-refractivity contribution in [2.24, 2.45) is 11.1 Å². The summed E-state index contributed by atoms with van der Waals surface area (Å²) in [7, 11) is 0. The zero-order valence-corrected chi connectivity index (χ0v) is 12.7. The van der Waals surface area contributed by atoms with Crippen LogP contribution >= 0.6 is 0 Å². The Balaban J connectivity index is 2.07. The monoisotopic (exact) mass is 278 g/mol. The molecule has 1 atom stereocenters. The van der Waals surface area contributed by atoms with Crippen LogP contribution in [0.15, 0.2) is 24.3 Å². The summed E-state index contributed by atoms with van der Waals surface area (Å²) in [6.07, 6.45) is 4.97. The molecule has 1 heterocycles. The third-order valence-electron chi connectivity index (χ3n) is 5.26. The first-order valence-corrected chi connectivity index (χ1v) is 7.83. The van der Waals surface area contributed by atoms with Crippen molar-refractivity contribution in [2.45, 2.75) is 45.6 Å². The fraction of sp³-hybridized carbons (Fsp3) is 0.647. The normalized spacial score (nSPS) is 20.8. The van der Waals surface area contributed by atoms with E-state index in [4.69, 9.17) is 5.73 Å². The number of benzene rings is 1. The van der Waals surface area contributed by atoms with Crippen molar-refractivity contribution in [1.29, 1.82) is 0 Å². The number of hydrogen-bond acceptors (Lipinski definition) is 2. The van der Waals surface area contributed by atoms with E-state index < -0.39 is 0 Å². The lowest BCUT2D eigenvalue weighted by molar-refractivity contribution is 0.0679. The number of rotatable bonds is 5. The molecule has 20 heavy (non-hydrogen) atoms. The van der Waals surface area contributed by atoms with Gasteiger partial charge in [0.2, 0.25) is 0 Å². The molecule has 0 aliphatic carbocycles. The highest BCUT2D eigenvalue weighted by Crippen LogP contribution is 2.39. The van der Waals surface area contributed by atoms with Crippen LogP contribution in [-0.4, -0.2) is 24.5 Å². The molecule has 2 rings (SSSR count). The summed E-state index contributed by atoms with van der Waals surface area (Å²) in [5, 5.41) is 0. The highest BCUT2D eigenvalue weighted by atomic mass is 19.1. The smallest absolute Gasteiger partial charge is 0.123 e. The van der Waals surface area contributed by atoms with Crippen LogP contribution in [0.5, 0.6) is 0 Å². The third kappa shape index (κ3) is 3.21. The van der Waals surface area contributed by atoms with Crippen LogP contribution in [0.25, 0.3) is 0 Å². The molecule has 112 valence electrons. The largest absolute Gasteiger partial charge is 0.329 e. The van der Waals surface area contributed by atoms with Gasteiger partial charge in [-0.1, -0.05) is 38.8 Å². The van der Waals surface area contributed by atoms with Gasteiger partial charge in [0, 0.05) is 12.6 Å². The molecule has 0 spiro atoms. The van der Waals surface area contributed by atoms with Crippen molar-refractivity contribution >= 4 is 0 Å². The minimum absolute atomic E-state index is 0.150. The van der Waals surface area contributed by atoms with Crippen molar-refractivity contribution < 1.29 is 4.39 Å². The Morgan fingerprint density at radius 2 is 1.90 bits per heavy atom. The molecule has 1 aromatic rings. The molecule has 0 radical (unpaired) electrons. The van der Waals surface area contributed by atoms with Crippen LogP contribution in [0.4, 0.5) is 4.39 Å². The van der Waals surface area contributed by atoms with E-state index in [0.29, 0.717) is 12.0 Å². The Morgan fingerprint density at radius 1 is 1.25 bits per heavy atom. The lowest BCUT2D eigenvalue weighted by Gasteiger charge is -2.44. The van der Waals surface area contributed by atoms with Crippen LogP contribution in [0, 0.1) is 11.2 Å². The van der Waals surface area contributed by atoms with Crippen LogP contribution in [0.3, 0.4) is 0 Å². The molecule has 0 bridgehead atoms. The zero-order valence-electron chi connectivity index (χ0n) is 12.7. The molecule has 0 amide bonds. The van der Waals surface area contributed by atoms with Crippen LogP contribution < -0.4 is 5.73 Å². The molecular weight excluding hydrogens is 251 g/mol. The van der Waals surface area contributed by atoms with Crippen LogP contribution in [0.2, 0.25) is 0 Å². The highest BCUT2D eigenvalue weighted by molar-refractivity contribution is 5.21. The van der Waals surface area contributed by atoms with Gasteiger partial charge in [-0.05, 0) is 49.0 Å². The Kier molecular flexibility index (Phi) is 5.17. The standard InChI is InChI=1S/C17H27FN2/c1-3-17(4-2)8-10-20(11-9-17)16(13-19)14-6-5-7-15(18)12-14/h5-7,12,16H,3-4,8-11,13,19H2,1-2H3. The summed E-state index contributed by atoms with van der Waals surface area (Å²) in [5.41, 5.74) is 7.47. The van der Waals surface area contributed by atoms with Gasteiger partial charge in [-0.15, -0.1) is 0 Å². The van der Waals surface area contributed by atoms with Gasteiger partial charge in [-0.2, -0.15) is 0 Å². The highest BCUT2D eigenvalue weighted by Gasteiger charge is 2.33. The number of nitrogens with two attached hydrogens (primary N) is 1. The predicted molar refractivity (Wildman–Crippen MR) is 82.0 cm³/mol. The maximum Gasteiger partial charge on any atom is 0.123 e. The Morgan fingerprint density at radius 3 is 2.40 bits per heavy atom. The van der Waals surface area contributed by atoms with Gasteiger partial charge in [-0.3, -0.25) is 4.90 Å². The third-order valence-corrected chi connectivity index (χ3v) is 5.26. The van der Waals surface area contributed by atoms with Gasteiger partial charge in [0.05, 0.1) is 0 Å². The number of nitrogens with zero attached hydrogens (tertiary/aromatic N) is 1. The molecule has 1 aliphatic heterocycles. The van der Waals surface area contributed by atoms with E-state index in [1.54, 1.807) is 12.1 Å². The fourth-order valence-electron chi connectivity index (χ4n) is 3.48. The molecule has 3 heteroatoms. The zero-order chi connectivity index (χ0) is 14.6. The Hall–Kier alpha value is -0.930. The van der Waals surface area contributed by atoms with Gasteiger partial charge in [0.25, 0.3) is 0 Å². The summed E-state index contributed by atoms with van der Waals surface area (Å²) in [6.45, 7) is 7.28. The molecule has 0 aromatic heterocycles. The summed E-state index contributed by atoms with van der Waals surface area (Å²) < 4.78 is 13.4. The molecule has 2 N–H and O–H groups in total. The summed E-state index contributed by atoms with van der Waals surface area (Å²) in [5.74, 6) is -0.172. The first kappa shape index (κ1) is 15.5. The maximum absolute atomic E-state index is 13.4. The number of hydrogen-bond donors (Lipinski definition) is 1. The average Bonchev–Trinajstić information content (AvgIpc) is 2.49. The fourth-order valence-corrected chi connectivity index (χ4v) is 3.48. The van der Waals surface area contributed by atoms with Crippen molar-refractivity contribution in [2.75, 3.05) is 19.6 Å². The van der Waals surface area contributed by atoms with Gasteiger partial charge >= 0.3 is 0 Å². The molecule has 1 aliphatic rings. The predicted octanol–water partition coefficient (Wildman–Crippen LogP) is 3.73.